The van der Waals surface area contributed by atoms with E-state index in [1.54, 1.807) is 23.7 Å². The van der Waals surface area contributed by atoms with Gasteiger partial charge in [0.15, 0.2) is 0 Å². The van der Waals surface area contributed by atoms with E-state index in [0.29, 0.717) is 22.5 Å². The van der Waals surface area contributed by atoms with E-state index < -0.39 is 0 Å². The normalized spacial score (nSPS) is 15.4. The molecule has 0 spiro atoms. The molecule has 0 radical (unpaired) electrons. The van der Waals surface area contributed by atoms with E-state index in [2.05, 4.69) is 20.0 Å². The van der Waals surface area contributed by atoms with Crippen LogP contribution in [-0.2, 0) is 19.4 Å². The molecule has 1 fully saturated rings. The van der Waals surface area contributed by atoms with Crippen molar-refractivity contribution in [2.75, 3.05) is 23.7 Å². The number of nitrogen functional groups attached to an aromatic ring is 1. The van der Waals surface area contributed by atoms with Crippen molar-refractivity contribution < 1.29 is 9.13 Å². The van der Waals surface area contributed by atoms with Gasteiger partial charge < -0.3 is 15.4 Å². The Morgan fingerprint density at radius 3 is 2.82 bits per heavy atom. The molecule has 2 aliphatic rings. The van der Waals surface area contributed by atoms with E-state index in [-0.39, 0.29) is 12.4 Å². The predicted molar refractivity (Wildman–Crippen MR) is 153 cm³/mol. The summed E-state index contributed by atoms with van der Waals surface area (Å²) in [4.78, 5) is 13.3. The van der Waals surface area contributed by atoms with Crippen molar-refractivity contribution in [1.82, 2.24) is 20.2 Å². The average Bonchev–Trinajstić information content (AvgIpc) is 3.55. The third-order valence-electron chi connectivity index (χ3n) is 7.78. The number of rotatable bonds is 5. The van der Waals surface area contributed by atoms with E-state index in [1.165, 1.54) is 33.8 Å². The van der Waals surface area contributed by atoms with E-state index in [1.807, 2.05) is 24.3 Å². The number of hydrogen-bond donors (Lipinski definition) is 2. The summed E-state index contributed by atoms with van der Waals surface area (Å²) in [6.45, 7) is 2.07. The number of H-pyrrole nitrogens is 1. The Bertz CT molecular complexity index is 1690. The highest BCUT2D eigenvalue weighted by atomic mass is 35.5. The van der Waals surface area contributed by atoms with Gasteiger partial charge in [-0.1, -0.05) is 23.7 Å². The fourth-order valence-electron chi connectivity index (χ4n) is 5.83. The molecule has 5 aromatic rings. The first kappa shape index (κ1) is 24.4. The summed E-state index contributed by atoms with van der Waals surface area (Å²) < 4.78 is 19.3. The lowest BCUT2D eigenvalue weighted by molar-refractivity contribution is 0.306. The minimum atomic E-state index is -0.278. The second kappa shape index (κ2) is 9.81. The van der Waals surface area contributed by atoms with Gasteiger partial charge in [-0.15, -0.1) is 11.3 Å². The van der Waals surface area contributed by atoms with Crippen LogP contribution < -0.4 is 15.4 Å². The van der Waals surface area contributed by atoms with Crippen LogP contribution in [-0.4, -0.2) is 33.3 Å². The first-order valence-electron chi connectivity index (χ1n) is 13.1. The number of hydrogen-bond acceptors (Lipinski definition) is 7. The number of nitrogens with two attached hydrogens (primary N) is 1. The maximum absolute atomic E-state index is 13.5. The smallest absolute Gasteiger partial charge is 0.138 e. The number of aromatic amines is 1. The largest absolute Gasteiger partial charge is 0.487 e. The number of anilines is 2. The maximum atomic E-state index is 13.5. The molecular formula is C29H26ClFN6OS. The van der Waals surface area contributed by atoms with Gasteiger partial charge in [-0.3, -0.25) is 5.10 Å². The SMILES string of the molecule is Nc1ncnc2sc3c(c12)CCc1[nH]nc(C2CCN(c4ccc(OCc5cccc(F)c5)c(Cl)c4)CC2)c1-3. The lowest BCUT2D eigenvalue weighted by Gasteiger charge is -2.33. The van der Waals surface area contributed by atoms with Crippen molar-refractivity contribution in [2.24, 2.45) is 0 Å². The summed E-state index contributed by atoms with van der Waals surface area (Å²) in [5.74, 6) is 1.24. The zero-order chi connectivity index (χ0) is 26.5. The molecule has 10 heteroatoms. The molecule has 0 atom stereocenters. The molecule has 7 rings (SSSR count). The van der Waals surface area contributed by atoms with Gasteiger partial charge in [-0.25, -0.2) is 14.4 Å². The molecule has 0 saturated carbocycles. The number of aryl methyl sites for hydroxylation is 2. The van der Waals surface area contributed by atoms with Gasteiger partial charge in [-0.2, -0.15) is 5.10 Å². The summed E-state index contributed by atoms with van der Waals surface area (Å²) in [6, 6.07) is 12.3. The van der Waals surface area contributed by atoms with Crippen LogP contribution in [0.5, 0.6) is 5.75 Å². The van der Waals surface area contributed by atoms with Crippen LogP contribution in [0.4, 0.5) is 15.9 Å². The van der Waals surface area contributed by atoms with Crippen molar-refractivity contribution in [3.8, 4) is 16.2 Å². The Morgan fingerprint density at radius 2 is 2.00 bits per heavy atom. The molecular weight excluding hydrogens is 535 g/mol. The Hall–Kier alpha value is -3.69. The predicted octanol–water partition coefficient (Wildman–Crippen LogP) is 6.52. The molecule has 0 bridgehead atoms. The second-order valence-corrected chi connectivity index (χ2v) is 11.5. The van der Waals surface area contributed by atoms with Gasteiger partial charge in [0.2, 0.25) is 0 Å². The number of ether oxygens (including phenoxy) is 1. The van der Waals surface area contributed by atoms with Gasteiger partial charge in [0.25, 0.3) is 0 Å². The lowest BCUT2D eigenvalue weighted by Crippen LogP contribution is -2.33. The zero-order valence-corrected chi connectivity index (χ0v) is 22.7. The topological polar surface area (TPSA) is 93.0 Å². The molecule has 1 aliphatic carbocycles. The standard InChI is InChI=1S/C29H26ClFN6OS/c30-21-13-19(4-7-23(21)38-14-16-2-1-3-18(31)12-16)37-10-8-17(9-11-37)26-25-22(35-36-26)6-5-20-24-28(32)33-15-34-29(24)39-27(20)25/h1-4,7,12-13,15,17H,5-6,8-11,14H2,(H,35,36)(H2,32,33,34). The Balaban J connectivity index is 1.06. The first-order valence-corrected chi connectivity index (χ1v) is 14.3. The fourth-order valence-corrected chi connectivity index (χ4v) is 7.34. The van der Waals surface area contributed by atoms with Gasteiger partial charge in [0, 0.05) is 40.8 Å². The van der Waals surface area contributed by atoms with Crippen LogP contribution in [0.3, 0.4) is 0 Å². The number of piperidine rings is 1. The van der Waals surface area contributed by atoms with E-state index >= 15 is 0 Å². The monoisotopic (exact) mass is 560 g/mol. The third-order valence-corrected chi connectivity index (χ3v) is 9.24. The van der Waals surface area contributed by atoms with Crippen LogP contribution in [0, 0.1) is 5.82 Å². The molecule has 7 nitrogen and oxygen atoms in total. The van der Waals surface area contributed by atoms with Gasteiger partial charge in [-0.05, 0) is 67.1 Å². The molecule has 39 heavy (non-hydrogen) atoms. The van der Waals surface area contributed by atoms with Crippen LogP contribution in [0.25, 0.3) is 20.7 Å². The van der Waals surface area contributed by atoms with Crippen molar-refractivity contribution in [3.63, 3.8) is 0 Å². The molecule has 0 amide bonds. The quantitative estimate of drug-likeness (QED) is 0.254. The summed E-state index contributed by atoms with van der Waals surface area (Å²) in [7, 11) is 0. The minimum absolute atomic E-state index is 0.261. The molecule has 1 saturated heterocycles. The number of nitrogens with zero attached hydrogens (tertiary/aromatic N) is 4. The number of nitrogens with one attached hydrogen (secondary N) is 1. The lowest BCUT2D eigenvalue weighted by atomic mass is 9.86. The maximum Gasteiger partial charge on any atom is 0.138 e. The highest BCUT2D eigenvalue weighted by molar-refractivity contribution is 7.22. The third kappa shape index (κ3) is 4.39. The highest BCUT2D eigenvalue weighted by Gasteiger charge is 2.32. The number of aromatic nitrogens is 4. The minimum Gasteiger partial charge on any atom is -0.487 e. The molecule has 0 unspecified atom stereocenters. The summed E-state index contributed by atoms with van der Waals surface area (Å²) in [5, 5.41) is 9.71. The fraction of sp³-hybridized carbons (Fsp3) is 0.276. The van der Waals surface area contributed by atoms with Crippen molar-refractivity contribution in [2.45, 2.75) is 38.2 Å². The number of thiophene rings is 1. The summed E-state index contributed by atoms with van der Waals surface area (Å²) in [6.07, 6.45) is 5.37. The molecule has 3 aromatic heterocycles. The van der Waals surface area contributed by atoms with Crippen LogP contribution in [0.2, 0.25) is 5.02 Å². The van der Waals surface area contributed by atoms with Crippen molar-refractivity contribution >= 4 is 44.7 Å². The van der Waals surface area contributed by atoms with E-state index in [4.69, 9.17) is 27.2 Å². The van der Waals surface area contributed by atoms with E-state index in [0.717, 1.165) is 65.9 Å². The number of fused-ring (bicyclic) bond motifs is 5. The van der Waals surface area contributed by atoms with Crippen molar-refractivity contribution in [1.29, 1.82) is 0 Å². The van der Waals surface area contributed by atoms with Gasteiger partial charge in [0.05, 0.1) is 16.1 Å². The molecule has 198 valence electrons. The summed E-state index contributed by atoms with van der Waals surface area (Å²) >= 11 is 8.27. The average molecular weight is 561 g/mol. The Morgan fingerprint density at radius 1 is 1.13 bits per heavy atom. The molecule has 4 heterocycles. The molecule has 2 aromatic carbocycles. The highest BCUT2D eigenvalue weighted by Crippen LogP contribution is 2.47. The van der Waals surface area contributed by atoms with Crippen LogP contribution in [0.15, 0.2) is 48.8 Å². The van der Waals surface area contributed by atoms with Gasteiger partial charge >= 0.3 is 0 Å². The Labute approximate surface area is 233 Å². The van der Waals surface area contributed by atoms with Crippen molar-refractivity contribution in [3.05, 3.63) is 82.1 Å². The molecule has 1 aliphatic heterocycles. The molecule has 3 N–H and O–H groups in total. The van der Waals surface area contributed by atoms with Crippen LogP contribution >= 0.6 is 22.9 Å². The Kier molecular flexibility index (Phi) is 6.12. The van der Waals surface area contributed by atoms with Gasteiger partial charge in [0.1, 0.15) is 35.1 Å². The zero-order valence-electron chi connectivity index (χ0n) is 21.1. The first-order chi connectivity index (χ1) is 19.0. The second-order valence-electron chi connectivity index (χ2n) is 10.1. The number of benzene rings is 2. The van der Waals surface area contributed by atoms with E-state index in [9.17, 15) is 4.39 Å². The van der Waals surface area contributed by atoms with Crippen LogP contribution in [0.1, 0.15) is 41.3 Å². The number of halogens is 2. The summed E-state index contributed by atoms with van der Waals surface area (Å²) in [5.41, 5.74) is 12.9.